The van der Waals surface area contributed by atoms with Crippen LogP contribution in [0.4, 0.5) is 9.59 Å². The zero-order chi connectivity index (χ0) is 24.7. The van der Waals surface area contributed by atoms with Gasteiger partial charge in [-0.2, -0.15) is 0 Å². The minimum atomic E-state index is -0.643. The van der Waals surface area contributed by atoms with E-state index in [-0.39, 0.29) is 30.6 Å². The van der Waals surface area contributed by atoms with Crippen molar-refractivity contribution in [1.29, 1.82) is 0 Å². The first-order chi connectivity index (χ1) is 16.1. The van der Waals surface area contributed by atoms with Gasteiger partial charge in [-0.3, -0.25) is 4.79 Å². The summed E-state index contributed by atoms with van der Waals surface area (Å²) in [5.74, 6) is 3.36. The van der Waals surface area contributed by atoms with Crippen LogP contribution in [0.2, 0.25) is 0 Å². The first-order valence-electron chi connectivity index (χ1n) is 13.2. The molecule has 0 aromatic carbocycles. The highest BCUT2D eigenvalue weighted by Crippen LogP contribution is 2.67. The third-order valence-corrected chi connectivity index (χ3v) is 10.5. The molecule has 0 aromatic heterocycles. The molecule has 7 heteroatoms. The smallest absolute Gasteiger partial charge is 0.453 e. The van der Waals surface area contributed by atoms with Crippen molar-refractivity contribution in [3.63, 3.8) is 0 Å². The maximum atomic E-state index is 12.3. The third-order valence-electron chi connectivity index (χ3n) is 10.5. The third kappa shape index (κ3) is 4.44. The molecule has 34 heavy (non-hydrogen) atoms. The van der Waals surface area contributed by atoms with Gasteiger partial charge in [0.25, 0.3) is 0 Å². The lowest BCUT2D eigenvalue weighted by molar-refractivity contribution is -0.140. The standard InChI is InChI=1S/C27H43NO6/c1-17(29)21-8-9-22-20-7-6-18-16-19(34-25(31)33-15-14-28(4)24(30)32-5)10-12-26(18,2)23(20)11-13-27(21,22)3/h18-23H,6-16H2,1-5H3/t18-,19+,20-,21+,22-,23-,26-,27+/m0/s1. The van der Waals surface area contributed by atoms with E-state index >= 15 is 0 Å². The predicted molar refractivity (Wildman–Crippen MR) is 127 cm³/mol. The van der Waals surface area contributed by atoms with Gasteiger partial charge in [0.2, 0.25) is 0 Å². The predicted octanol–water partition coefficient (Wildman–Crippen LogP) is 5.45. The molecule has 1 amide bonds. The number of amides is 1. The van der Waals surface area contributed by atoms with Crippen molar-refractivity contribution < 1.29 is 28.6 Å². The number of hydrogen-bond acceptors (Lipinski definition) is 6. The van der Waals surface area contributed by atoms with Crippen LogP contribution >= 0.6 is 0 Å². The van der Waals surface area contributed by atoms with Crippen LogP contribution in [0, 0.1) is 40.4 Å². The summed E-state index contributed by atoms with van der Waals surface area (Å²) >= 11 is 0. The van der Waals surface area contributed by atoms with Gasteiger partial charge in [0.1, 0.15) is 18.5 Å². The number of likely N-dealkylation sites (N-methyl/N-ethyl adjacent to an activating group) is 1. The Kier molecular flexibility index (Phi) is 7.21. The Morgan fingerprint density at radius 3 is 2.35 bits per heavy atom. The first-order valence-corrected chi connectivity index (χ1v) is 13.2. The number of methoxy groups -OCH3 is 1. The molecule has 0 saturated heterocycles. The second kappa shape index (κ2) is 9.69. The van der Waals surface area contributed by atoms with Crippen LogP contribution in [0.1, 0.15) is 78.6 Å². The lowest BCUT2D eigenvalue weighted by atomic mass is 9.44. The number of hydrogen-bond donors (Lipinski definition) is 0. The highest BCUT2D eigenvalue weighted by Gasteiger charge is 2.60. The van der Waals surface area contributed by atoms with Crippen molar-refractivity contribution in [3.05, 3.63) is 0 Å². The number of fused-ring (bicyclic) bond motifs is 5. The fraction of sp³-hybridized carbons (Fsp3) is 0.889. The number of carbonyl (C=O) groups excluding carboxylic acids is 3. The van der Waals surface area contributed by atoms with E-state index in [0.29, 0.717) is 23.0 Å². The zero-order valence-corrected chi connectivity index (χ0v) is 21.6. The number of nitrogens with zero attached hydrogens (tertiary/aromatic N) is 1. The van der Waals surface area contributed by atoms with Crippen LogP contribution in [-0.2, 0) is 19.0 Å². The van der Waals surface area contributed by atoms with E-state index in [1.54, 1.807) is 14.0 Å². The van der Waals surface area contributed by atoms with Crippen molar-refractivity contribution in [2.45, 2.75) is 84.7 Å². The van der Waals surface area contributed by atoms with E-state index in [2.05, 4.69) is 18.6 Å². The number of ketones is 1. The zero-order valence-electron chi connectivity index (χ0n) is 21.6. The van der Waals surface area contributed by atoms with Crippen molar-refractivity contribution in [2.75, 3.05) is 27.3 Å². The molecule has 0 aliphatic heterocycles. The van der Waals surface area contributed by atoms with E-state index in [9.17, 15) is 14.4 Å². The Hall–Kier alpha value is -1.79. The van der Waals surface area contributed by atoms with Crippen LogP contribution in [0.3, 0.4) is 0 Å². The largest absolute Gasteiger partial charge is 0.508 e. The molecule has 4 saturated carbocycles. The summed E-state index contributed by atoms with van der Waals surface area (Å²) < 4.78 is 15.5. The Balaban J connectivity index is 1.31. The normalized spacial score (nSPS) is 40.9. The van der Waals surface area contributed by atoms with Crippen molar-refractivity contribution in [2.24, 2.45) is 40.4 Å². The molecule has 0 N–H and O–H groups in total. The van der Waals surface area contributed by atoms with Crippen LogP contribution in [0.15, 0.2) is 0 Å². The van der Waals surface area contributed by atoms with Gasteiger partial charge < -0.3 is 19.1 Å². The minimum Gasteiger partial charge on any atom is -0.453 e. The summed E-state index contributed by atoms with van der Waals surface area (Å²) in [5.41, 5.74) is 0.494. The summed E-state index contributed by atoms with van der Waals surface area (Å²) in [7, 11) is 2.92. The summed E-state index contributed by atoms with van der Waals surface area (Å²) in [6, 6.07) is 0. The molecular formula is C27H43NO6. The molecule has 4 rings (SSSR count). The van der Waals surface area contributed by atoms with Crippen LogP contribution < -0.4 is 0 Å². The molecule has 0 bridgehead atoms. The van der Waals surface area contributed by atoms with E-state index in [1.165, 1.54) is 44.1 Å². The Labute approximate surface area is 204 Å². The number of carbonyl (C=O) groups is 3. The molecule has 0 spiro atoms. The summed E-state index contributed by atoms with van der Waals surface area (Å²) in [6.07, 6.45) is 8.81. The van der Waals surface area contributed by atoms with Crippen LogP contribution in [-0.4, -0.2) is 56.3 Å². The summed E-state index contributed by atoms with van der Waals surface area (Å²) in [5, 5.41) is 0. The maximum Gasteiger partial charge on any atom is 0.508 e. The van der Waals surface area contributed by atoms with Gasteiger partial charge >= 0.3 is 12.2 Å². The van der Waals surface area contributed by atoms with Gasteiger partial charge in [-0.15, -0.1) is 0 Å². The van der Waals surface area contributed by atoms with Gasteiger partial charge in [0.15, 0.2) is 0 Å². The highest BCUT2D eigenvalue weighted by molar-refractivity contribution is 5.79. The molecule has 0 aromatic rings. The first kappa shape index (κ1) is 25.3. The second-order valence-corrected chi connectivity index (χ2v) is 11.9. The van der Waals surface area contributed by atoms with Crippen molar-refractivity contribution >= 4 is 18.0 Å². The molecular weight excluding hydrogens is 434 g/mol. The molecule has 4 fully saturated rings. The van der Waals surface area contributed by atoms with Crippen LogP contribution in [0.5, 0.6) is 0 Å². The average Bonchev–Trinajstić information content (AvgIpc) is 3.16. The van der Waals surface area contributed by atoms with Gasteiger partial charge in [-0.05, 0) is 99.2 Å². The van der Waals surface area contributed by atoms with E-state index in [1.807, 2.05) is 0 Å². The van der Waals surface area contributed by atoms with E-state index < -0.39 is 12.2 Å². The molecule has 0 heterocycles. The lowest BCUT2D eigenvalue weighted by Gasteiger charge is -2.61. The minimum absolute atomic E-state index is 0.0868. The van der Waals surface area contributed by atoms with E-state index in [4.69, 9.17) is 9.47 Å². The molecule has 7 nitrogen and oxygen atoms in total. The highest BCUT2D eigenvalue weighted by atomic mass is 16.7. The van der Waals surface area contributed by atoms with Gasteiger partial charge in [-0.1, -0.05) is 13.8 Å². The number of ether oxygens (including phenoxy) is 3. The Morgan fingerprint density at radius 2 is 1.65 bits per heavy atom. The Bertz CT molecular complexity index is 800. The fourth-order valence-electron chi connectivity index (χ4n) is 8.68. The van der Waals surface area contributed by atoms with Gasteiger partial charge in [-0.25, -0.2) is 9.59 Å². The van der Waals surface area contributed by atoms with Crippen molar-refractivity contribution in [1.82, 2.24) is 4.90 Å². The lowest BCUT2D eigenvalue weighted by Crippen LogP contribution is -2.54. The SMILES string of the molecule is COC(=O)N(C)CCOC(=O)O[C@@H]1CC[C@@]2(C)[C@@H](CC[C@@H]3[C@@H]2CC[C@]2(C)[C@@H](C(C)=O)CC[C@@H]32)C1. The number of Topliss-reactive ketones (excluding diaryl/α,β-unsaturated/α-hetero) is 1. The molecule has 4 aliphatic rings. The second-order valence-electron chi connectivity index (χ2n) is 11.9. The monoisotopic (exact) mass is 477 g/mol. The fourth-order valence-corrected chi connectivity index (χ4v) is 8.68. The summed E-state index contributed by atoms with van der Waals surface area (Å²) in [4.78, 5) is 37.4. The molecule has 0 unspecified atom stereocenters. The van der Waals surface area contributed by atoms with Gasteiger partial charge in [0, 0.05) is 13.0 Å². The summed E-state index contributed by atoms with van der Waals surface area (Å²) in [6.45, 7) is 7.04. The molecule has 4 aliphatic carbocycles. The number of rotatable bonds is 5. The quantitative estimate of drug-likeness (QED) is 0.490. The Morgan fingerprint density at radius 1 is 0.941 bits per heavy atom. The maximum absolute atomic E-state index is 12.3. The van der Waals surface area contributed by atoms with E-state index in [0.717, 1.165) is 37.5 Å². The molecule has 0 radical (unpaired) electrons. The van der Waals surface area contributed by atoms with Gasteiger partial charge in [0.05, 0.1) is 13.7 Å². The molecule has 8 atom stereocenters. The van der Waals surface area contributed by atoms with Crippen molar-refractivity contribution in [3.8, 4) is 0 Å². The van der Waals surface area contributed by atoms with Crippen LogP contribution in [0.25, 0.3) is 0 Å². The molecule has 192 valence electrons. The average molecular weight is 478 g/mol. The topological polar surface area (TPSA) is 82.1 Å².